The van der Waals surface area contributed by atoms with Crippen molar-refractivity contribution < 1.29 is 9.13 Å². The summed E-state index contributed by atoms with van der Waals surface area (Å²) < 4.78 is 18.4. The molecule has 0 saturated heterocycles. The van der Waals surface area contributed by atoms with Crippen molar-refractivity contribution in [3.63, 3.8) is 0 Å². The summed E-state index contributed by atoms with van der Waals surface area (Å²) in [5.74, 6) is 0.637. The molecule has 2 aromatic rings. The average molecular weight is 252 g/mol. The van der Waals surface area contributed by atoms with Gasteiger partial charge in [0.15, 0.2) is 0 Å². The fraction of sp³-hybridized carbons (Fsp3) is 0.0769. The lowest BCUT2D eigenvalue weighted by atomic mass is 10.2. The number of halogens is 2. The van der Waals surface area contributed by atoms with E-state index in [1.165, 1.54) is 18.2 Å². The van der Waals surface area contributed by atoms with E-state index in [2.05, 4.69) is 0 Å². The summed E-state index contributed by atoms with van der Waals surface area (Å²) in [6.07, 6.45) is 0. The van der Waals surface area contributed by atoms with Crippen LogP contribution in [0.3, 0.4) is 0 Å². The van der Waals surface area contributed by atoms with Crippen molar-refractivity contribution in [2.24, 2.45) is 0 Å². The van der Waals surface area contributed by atoms with E-state index in [-0.39, 0.29) is 5.02 Å². The topological polar surface area (TPSA) is 35.2 Å². The summed E-state index contributed by atoms with van der Waals surface area (Å²) in [5, 5.41) is 0.236. The summed E-state index contributed by atoms with van der Waals surface area (Å²) in [6.45, 7) is 1.88. The van der Waals surface area contributed by atoms with Gasteiger partial charge in [-0.05, 0) is 48.9 Å². The number of anilines is 1. The molecule has 0 aliphatic rings. The molecule has 2 nitrogen and oxygen atoms in total. The lowest BCUT2D eigenvalue weighted by molar-refractivity contribution is 0.480. The van der Waals surface area contributed by atoms with Crippen LogP contribution < -0.4 is 10.5 Å². The van der Waals surface area contributed by atoms with Crippen LogP contribution >= 0.6 is 11.6 Å². The number of hydrogen-bond donors (Lipinski definition) is 1. The first kappa shape index (κ1) is 11.7. The van der Waals surface area contributed by atoms with Gasteiger partial charge < -0.3 is 10.5 Å². The summed E-state index contributed by atoms with van der Waals surface area (Å²) in [5.41, 5.74) is 7.31. The van der Waals surface area contributed by atoms with Gasteiger partial charge in [0.25, 0.3) is 0 Å². The second kappa shape index (κ2) is 4.63. The zero-order chi connectivity index (χ0) is 12.4. The third kappa shape index (κ3) is 2.68. The van der Waals surface area contributed by atoms with Crippen LogP contribution in [-0.2, 0) is 0 Å². The molecule has 0 aliphatic heterocycles. The van der Waals surface area contributed by atoms with E-state index in [1.807, 2.05) is 6.92 Å². The maximum Gasteiger partial charge on any atom is 0.146 e. The minimum absolute atomic E-state index is 0.236. The highest BCUT2D eigenvalue weighted by Gasteiger charge is 2.05. The molecular weight excluding hydrogens is 241 g/mol. The van der Waals surface area contributed by atoms with E-state index < -0.39 is 5.82 Å². The van der Waals surface area contributed by atoms with E-state index in [9.17, 15) is 4.39 Å². The standard InChI is InChI=1S/C13H11ClFNO/c1-8-6-10(3-4-12(8)16)17-13-5-2-9(15)7-11(13)14/h2-7H,16H2,1H3. The average Bonchev–Trinajstić information content (AvgIpc) is 2.27. The number of nitrogen functional groups attached to an aromatic ring is 1. The number of nitrogens with two attached hydrogens (primary N) is 1. The minimum atomic E-state index is -0.393. The van der Waals surface area contributed by atoms with Crippen LogP contribution in [0.25, 0.3) is 0 Å². The SMILES string of the molecule is Cc1cc(Oc2ccc(F)cc2Cl)ccc1N. The van der Waals surface area contributed by atoms with Crippen LogP contribution in [0.15, 0.2) is 36.4 Å². The predicted octanol–water partition coefficient (Wildman–Crippen LogP) is 4.16. The molecule has 0 aliphatic carbocycles. The molecule has 17 heavy (non-hydrogen) atoms. The number of aryl methyl sites for hydroxylation is 1. The van der Waals surface area contributed by atoms with Crippen molar-refractivity contribution in [3.8, 4) is 11.5 Å². The van der Waals surface area contributed by atoms with E-state index in [4.69, 9.17) is 22.1 Å². The van der Waals surface area contributed by atoms with Gasteiger partial charge in [0.1, 0.15) is 17.3 Å². The Morgan fingerprint density at radius 1 is 1.18 bits per heavy atom. The molecule has 2 aromatic carbocycles. The first-order valence-electron chi connectivity index (χ1n) is 5.05. The second-order valence-electron chi connectivity index (χ2n) is 3.70. The van der Waals surface area contributed by atoms with Crippen LogP contribution in [-0.4, -0.2) is 0 Å². The van der Waals surface area contributed by atoms with Crippen LogP contribution in [0.1, 0.15) is 5.56 Å². The molecule has 0 fully saturated rings. The molecule has 0 spiro atoms. The first-order valence-corrected chi connectivity index (χ1v) is 5.43. The Morgan fingerprint density at radius 2 is 1.94 bits per heavy atom. The molecule has 0 saturated carbocycles. The molecule has 2 rings (SSSR count). The Balaban J connectivity index is 2.28. The van der Waals surface area contributed by atoms with Crippen LogP contribution in [0, 0.1) is 12.7 Å². The molecule has 0 amide bonds. The molecule has 4 heteroatoms. The lowest BCUT2D eigenvalue weighted by Gasteiger charge is -2.09. The monoisotopic (exact) mass is 251 g/mol. The molecule has 0 unspecified atom stereocenters. The van der Waals surface area contributed by atoms with Crippen LogP contribution in [0.4, 0.5) is 10.1 Å². The van der Waals surface area contributed by atoms with Crippen molar-refractivity contribution in [3.05, 3.63) is 52.8 Å². The van der Waals surface area contributed by atoms with E-state index in [0.29, 0.717) is 17.2 Å². The van der Waals surface area contributed by atoms with E-state index >= 15 is 0 Å². The van der Waals surface area contributed by atoms with Gasteiger partial charge in [-0.3, -0.25) is 0 Å². The summed E-state index contributed by atoms with van der Waals surface area (Å²) in [6, 6.07) is 9.29. The van der Waals surface area contributed by atoms with Crippen molar-refractivity contribution in [1.29, 1.82) is 0 Å². The Morgan fingerprint density at radius 3 is 2.59 bits per heavy atom. The first-order chi connectivity index (χ1) is 8.06. The Kier molecular flexibility index (Phi) is 3.20. The molecule has 88 valence electrons. The maximum atomic E-state index is 12.8. The normalized spacial score (nSPS) is 10.3. The van der Waals surface area contributed by atoms with E-state index in [1.54, 1.807) is 18.2 Å². The Labute approximate surface area is 104 Å². The third-order valence-corrected chi connectivity index (χ3v) is 2.66. The summed E-state index contributed by atoms with van der Waals surface area (Å²) in [4.78, 5) is 0. The van der Waals surface area contributed by atoms with Gasteiger partial charge in [0.2, 0.25) is 0 Å². The fourth-order valence-corrected chi connectivity index (χ4v) is 1.60. The van der Waals surface area contributed by atoms with Gasteiger partial charge in [-0.15, -0.1) is 0 Å². The van der Waals surface area contributed by atoms with Crippen molar-refractivity contribution in [2.75, 3.05) is 5.73 Å². The number of ether oxygens (including phenoxy) is 1. The molecule has 0 atom stereocenters. The zero-order valence-electron chi connectivity index (χ0n) is 9.21. The van der Waals surface area contributed by atoms with Gasteiger partial charge >= 0.3 is 0 Å². The highest BCUT2D eigenvalue weighted by molar-refractivity contribution is 6.32. The van der Waals surface area contributed by atoms with Crippen LogP contribution in [0.2, 0.25) is 5.02 Å². The highest BCUT2D eigenvalue weighted by Crippen LogP contribution is 2.30. The lowest BCUT2D eigenvalue weighted by Crippen LogP contribution is -1.91. The van der Waals surface area contributed by atoms with E-state index in [0.717, 1.165) is 5.56 Å². The maximum absolute atomic E-state index is 12.8. The Hall–Kier alpha value is -1.74. The van der Waals surface area contributed by atoms with Gasteiger partial charge in [-0.25, -0.2) is 4.39 Å². The highest BCUT2D eigenvalue weighted by atomic mass is 35.5. The van der Waals surface area contributed by atoms with Gasteiger partial charge in [-0.2, -0.15) is 0 Å². The van der Waals surface area contributed by atoms with Crippen molar-refractivity contribution in [2.45, 2.75) is 6.92 Å². The number of rotatable bonds is 2. The minimum Gasteiger partial charge on any atom is -0.456 e. The number of hydrogen-bond acceptors (Lipinski definition) is 2. The van der Waals surface area contributed by atoms with Gasteiger partial charge in [0.05, 0.1) is 5.02 Å². The van der Waals surface area contributed by atoms with Gasteiger partial charge in [-0.1, -0.05) is 11.6 Å². The smallest absolute Gasteiger partial charge is 0.146 e. The number of benzene rings is 2. The molecule has 2 N–H and O–H groups in total. The predicted molar refractivity (Wildman–Crippen MR) is 67.1 cm³/mol. The zero-order valence-corrected chi connectivity index (χ0v) is 9.96. The largest absolute Gasteiger partial charge is 0.456 e. The molecular formula is C13H11ClFNO. The van der Waals surface area contributed by atoms with Gasteiger partial charge in [0, 0.05) is 5.69 Å². The quantitative estimate of drug-likeness (QED) is 0.814. The summed E-state index contributed by atoms with van der Waals surface area (Å²) >= 11 is 5.86. The fourth-order valence-electron chi connectivity index (χ4n) is 1.40. The third-order valence-electron chi connectivity index (χ3n) is 2.36. The molecule has 0 aromatic heterocycles. The molecule has 0 heterocycles. The Bertz CT molecular complexity index is 557. The van der Waals surface area contributed by atoms with Crippen LogP contribution in [0.5, 0.6) is 11.5 Å². The molecule has 0 radical (unpaired) electrons. The second-order valence-corrected chi connectivity index (χ2v) is 4.10. The van der Waals surface area contributed by atoms with Crippen molar-refractivity contribution >= 4 is 17.3 Å². The summed E-state index contributed by atoms with van der Waals surface area (Å²) in [7, 11) is 0. The van der Waals surface area contributed by atoms with Crippen molar-refractivity contribution in [1.82, 2.24) is 0 Å². The molecule has 0 bridgehead atoms.